The number of hydrogen-bond donors (Lipinski definition) is 4. The molecule has 4 amide bonds. The van der Waals surface area contributed by atoms with Crippen LogP contribution < -0.4 is 30.7 Å². The van der Waals surface area contributed by atoms with Gasteiger partial charge in [-0.05, 0) is 161 Å². The summed E-state index contributed by atoms with van der Waals surface area (Å²) in [6, 6.07) is 89.9. The van der Waals surface area contributed by atoms with Crippen molar-refractivity contribution in [3.63, 3.8) is 0 Å². The number of carbonyl (C=O) groups is 6. The maximum atomic E-state index is 12.7. The van der Waals surface area contributed by atoms with E-state index in [9.17, 15) is 28.8 Å². The molecular weight excluding hydrogens is 1220 g/mol. The number of hydrogen-bond acceptors (Lipinski definition) is 8. The topological polar surface area (TPSA) is 169 Å². The Morgan fingerprint density at radius 3 is 0.602 bits per heavy atom. The Kier molecular flexibility index (Phi) is 30.8. The number of carbonyl (C=O) groups excluding carboxylic acids is 6. The molecule has 98 heavy (non-hydrogen) atoms. The van der Waals surface area contributed by atoms with Gasteiger partial charge in [0.05, 0.1) is 11.1 Å². The maximum absolute atomic E-state index is 12.7. The molecule has 0 heterocycles. The third kappa shape index (κ3) is 26.9. The molecule has 0 atom stereocenters. The van der Waals surface area contributed by atoms with Gasteiger partial charge in [0, 0.05) is 83.8 Å². The van der Waals surface area contributed by atoms with Gasteiger partial charge in [0.2, 0.25) is 0 Å². The minimum atomic E-state index is -0.626. The van der Waals surface area contributed by atoms with Gasteiger partial charge >= 0.3 is 11.9 Å². The van der Waals surface area contributed by atoms with Gasteiger partial charge in [-0.2, -0.15) is 0 Å². The molecule has 0 fully saturated rings. The molecule has 0 aliphatic heterocycles. The molecule has 0 aromatic heterocycles. The lowest BCUT2D eigenvalue weighted by atomic mass is 10.1. The molecule has 12 nitrogen and oxygen atoms in total. The SMILES string of the molecule is CNC(=O)c1cc(OC(=O)c2ccc(C#Cc3ccc(C#Cc4ccccc4)cc3)cc2)cc(C(=O)NC)c1.CNC(=O)c1cc(OC(=O)c2ccc(C#Cc3ccccc3)cc2)cc(C(=O)NC)c1.Cc1ccccc1.Cc1ccccc1.Cc1ccccc1.Cc1ccccc1. The van der Waals surface area contributed by atoms with Crippen LogP contribution in [-0.2, 0) is 0 Å². The van der Waals surface area contributed by atoms with Crippen molar-refractivity contribution in [1.82, 2.24) is 21.3 Å². The molecule has 11 aromatic rings. The van der Waals surface area contributed by atoms with Gasteiger partial charge in [-0.15, -0.1) is 0 Å². The van der Waals surface area contributed by atoms with Gasteiger partial charge in [0.1, 0.15) is 11.5 Å². The fourth-order valence-electron chi connectivity index (χ4n) is 8.38. The number of aryl methyl sites for hydroxylation is 4. The second kappa shape index (κ2) is 40.8. The van der Waals surface area contributed by atoms with Crippen LogP contribution in [0.2, 0.25) is 0 Å². The van der Waals surface area contributed by atoms with Crippen LogP contribution in [0.3, 0.4) is 0 Å². The van der Waals surface area contributed by atoms with Crippen molar-refractivity contribution in [1.29, 1.82) is 0 Å². The molecule has 0 saturated carbocycles. The van der Waals surface area contributed by atoms with E-state index in [0.29, 0.717) is 11.1 Å². The standard InChI is InChI=1S/C33H24N2O4.C25H20N2O4.4C7H8/c1-34-31(36)28-20-29(32(37)35-2)22-30(21-28)39-33(38)27-18-16-26(17-19-27)15-14-25-12-10-24(11-13-25)9-8-23-6-4-3-5-7-23;1-26-23(28)20-14-21(24(29)27-2)16-22(15-20)31-25(30)19-12-10-18(11-13-19)9-8-17-6-4-3-5-7-17;4*1-7-5-3-2-4-6-7/h3-7,10-13,16-22H,1-2H3,(H,34,36)(H,35,37);3-7,10-16H,1-2H3,(H,26,28)(H,27,29);4*2-6H,1H3. The summed E-state index contributed by atoms with van der Waals surface area (Å²) < 4.78 is 10.9. The minimum Gasteiger partial charge on any atom is -0.423 e. The number of benzene rings is 11. The van der Waals surface area contributed by atoms with Gasteiger partial charge in [-0.1, -0.05) is 216 Å². The van der Waals surface area contributed by atoms with Crippen molar-refractivity contribution in [3.05, 3.63) is 380 Å². The number of rotatable bonds is 8. The number of amides is 4. The number of ether oxygens (including phenoxy) is 2. The summed E-state index contributed by atoms with van der Waals surface area (Å²) in [5.41, 5.74) is 11.8. The zero-order valence-corrected chi connectivity index (χ0v) is 56.0. The van der Waals surface area contributed by atoms with Crippen LogP contribution in [-0.4, -0.2) is 63.8 Å². The highest BCUT2D eigenvalue weighted by Crippen LogP contribution is 2.22. The maximum Gasteiger partial charge on any atom is 0.343 e. The summed E-state index contributed by atoms with van der Waals surface area (Å²) in [7, 11) is 5.90. The molecule has 4 N–H and O–H groups in total. The largest absolute Gasteiger partial charge is 0.423 e. The Balaban J connectivity index is 0.000000222. The predicted molar refractivity (Wildman–Crippen MR) is 391 cm³/mol. The van der Waals surface area contributed by atoms with E-state index in [1.807, 2.05) is 158 Å². The average Bonchev–Trinajstić information content (AvgIpc) is 0.892. The number of esters is 2. The van der Waals surface area contributed by atoms with Crippen molar-refractivity contribution in [2.45, 2.75) is 27.7 Å². The van der Waals surface area contributed by atoms with E-state index in [1.54, 1.807) is 48.5 Å². The van der Waals surface area contributed by atoms with Crippen LogP contribution in [0.1, 0.15) is 118 Å². The molecule has 11 rings (SSSR count). The molecule has 11 aromatic carbocycles. The van der Waals surface area contributed by atoms with E-state index in [2.05, 4.69) is 133 Å². The van der Waals surface area contributed by atoms with Gasteiger partial charge in [-0.25, -0.2) is 9.59 Å². The van der Waals surface area contributed by atoms with Crippen LogP contribution in [0, 0.1) is 63.2 Å². The summed E-state index contributed by atoms with van der Waals surface area (Å²) in [5.74, 6) is 15.9. The van der Waals surface area contributed by atoms with Crippen molar-refractivity contribution in [2.75, 3.05) is 28.2 Å². The Bertz CT molecular complexity index is 4340. The highest BCUT2D eigenvalue weighted by molar-refractivity contribution is 6.02. The summed E-state index contributed by atoms with van der Waals surface area (Å²) in [5, 5.41) is 9.95. The minimum absolute atomic E-state index is 0.0838. The van der Waals surface area contributed by atoms with Crippen LogP contribution in [0.25, 0.3) is 0 Å². The first-order chi connectivity index (χ1) is 47.5. The zero-order valence-electron chi connectivity index (χ0n) is 56.0. The van der Waals surface area contributed by atoms with Gasteiger partial charge < -0.3 is 30.7 Å². The van der Waals surface area contributed by atoms with E-state index in [-0.39, 0.29) is 33.8 Å². The molecule has 0 bridgehead atoms. The van der Waals surface area contributed by atoms with Crippen molar-refractivity contribution in [2.24, 2.45) is 0 Å². The highest BCUT2D eigenvalue weighted by atomic mass is 16.5. The van der Waals surface area contributed by atoms with Gasteiger partial charge in [-0.3, -0.25) is 19.2 Å². The third-order valence-electron chi connectivity index (χ3n) is 13.7. The van der Waals surface area contributed by atoms with Gasteiger partial charge in [0.15, 0.2) is 0 Å². The summed E-state index contributed by atoms with van der Waals surface area (Å²) in [6.45, 7) is 8.33. The highest BCUT2D eigenvalue weighted by Gasteiger charge is 2.17. The molecule has 0 aliphatic carbocycles. The van der Waals surface area contributed by atoms with Crippen molar-refractivity contribution < 1.29 is 38.2 Å². The Hall–Kier alpha value is -13.1. The fraction of sp³-hybridized carbons (Fsp3) is 0.0930. The van der Waals surface area contributed by atoms with E-state index in [4.69, 9.17) is 9.47 Å². The normalized spacial score (nSPS) is 9.43. The average molecular weight is 1290 g/mol. The lowest BCUT2D eigenvalue weighted by Crippen LogP contribution is -2.21. The lowest BCUT2D eigenvalue weighted by Gasteiger charge is -2.09. The van der Waals surface area contributed by atoms with Crippen LogP contribution in [0.4, 0.5) is 0 Å². The Morgan fingerprint density at radius 1 is 0.235 bits per heavy atom. The molecule has 0 spiro atoms. The first-order valence-corrected chi connectivity index (χ1v) is 31.2. The van der Waals surface area contributed by atoms with Crippen LogP contribution in [0.15, 0.2) is 291 Å². The molecule has 488 valence electrons. The molecule has 0 saturated heterocycles. The first-order valence-electron chi connectivity index (χ1n) is 31.2. The zero-order chi connectivity index (χ0) is 70.3. The Labute approximate surface area is 575 Å². The quantitative estimate of drug-likeness (QED) is 0.0662. The smallest absolute Gasteiger partial charge is 0.343 e. The van der Waals surface area contributed by atoms with Crippen molar-refractivity contribution >= 4 is 35.6 Å². The van der Waals surface area contributed by atoms with E-state index < -0.39 is 35.6 Å². The van der Waals surface area contributed by atoms with Gasteiger partial charge in [0.25, 0.3) is 23.6 Å². The summed E-state index contributed by atoms with van der Waals surface area (Å²) in [4.78, 5) is 73.4. The summed E-state index contributed by atoms with van der Waals surface area (Å²) in [6.07, 6.45) is 0. The fourth-order valence-corrected chi connectivity index (χ4v) is 8.38. The van der Waals surface area contributed by atoms with E-state index >= 15 is 0 Å². The van der Waals surface area contributed by atoms with E-state index in [1.165, 1.54) is 86.8 Å². The van der Waals surface area contributed by atoms with Crippen LogP contribution in [0.5, 0.6) is 11.5 Å². The molecule has 0 radical (unpaired) electrons. The Morgan fingerprint density at radius 2 is 0.418 bits per heavy atom. The molecule has 0 aliphatic rings. The lowest BCUT2D eigenvalue weighted by molar-refractivity contribution is 0.0724. The number of nitrogens with one attached hydrogen (secondary N) is 4. The molecule has 0 unspecified atom stereocenters. The molecule has 12 heteroatoms. The van der Waals surface area contributed by atoms with Crippen LogP contribution >= 0.6 is 0 Å². The second-order valence-electron chi connectivity index (χ2n) is 21.4. The predicted octanol–water partition coefficient (Wildman–Crippen LogP) is 15.4. The first kappa shape index (κ1) is 74.0. The third-order valence-corrected chi connectivity index (χ3v) is 13.7. The molecular formula is C86H76N4O8. The van der Waals surface area contributed by atoms with E-state index in [0.717, 1.165) is 33.4 Å². The summed E-state index contributed by atoms with van der Waals surface area (Å²) >= 11 is 0. The van der Waals surface area contributed by atoms with Crippen molar-refractivity contribution in [3.8, 4) is 47.0 Å². The second-order valence-corrected chi connectivity index (χ2v) is 21.4. The monoisotopic (exact) mass is 1290 g/mol.